The Morgan fingerprint density at radius 2 is 2.22 bits per heavy atom. The van der Waals surface area contributed by atoms with Gasteiger partial charge in [-0.3, -0.25) is 0 Å². The Morgan fingerprint density at radius 1 is 1.44 bits per heavy atom. The summed E-state index contributed by atoms with van der Waals surface area (Å²) in [7, 11) is 0. The van der Waals surface area contributed by atoms with E-state index in [0.29, 0.717) is 12.6 Å². The van der Waals surface area contributed by atoms with Gasteiger partial charge < -0.3 is 10.1 Å². The molecule has 1 aromatic carbocycles. The first-order chi connectivity index (χ1) is 8.77. The van der Waals surface area contributed by atoms with Crippen LogP contribution in [0.3, 0.4) is 0 Å². The van der Waals surface area contributed by atoms with Gasteiger partial charge in [0, 0.05) is 23.9 Å². The highest BCUT2D eigenvalue weighted by Gasteiger charge is 2.05. The third-order valence-corrected chi connectivity index (χ3v) is 3.69. The number of benzene rings is 1. The molecule has 0 saturated heterocycles. The zero-order valence-corrected chi connectivity index (χ0v) is 12.1. The monoisotopic (exact) mass is 265 g/mol. The van der Waals surface area contributed by atoms with E-state index in [1.807, 2.05) is 30.0 Å². The van der Waals surface area contributed by atoms with Gasteiger partial charge in [0.25, 0.3) is 0 Å². The molecule has 0 fully saturated rings. The smallest absolute Gasteiger partial charge is 0.124 e. The van der Waals surface area contributed by atoms with Crippen LogP contribution in [-0.2, 0) is 6.54 Å². The van der Waals surface area contributed by atoms with Crippen LogP contribution in [0.4, 0.5) is 0 Å². The highest BCUT2D eigenvalue weighted by atomic mass is 32.2. The van der Waals surface area contributed by atoms with Gasteiger partial charge in [-0.2, -0.15) is 11.8 Å². The lowest BCUT2D eigenvalue weighted by Crippen LogP contribution is -2.27. The van der Waals surface area contributed by atoms with Crippen LogP contribution >= 0.6 is 11.8 Å². The number of rotatable bonds is 9. The molecule has 0 aliphatic heterocycles. The van der Waals surface area contributed by atoms with E-state index in [-0.39, 0.29) is 0 Å². The standard InChI is InChI=1S/C15H23NOS/c1-4-10-17-15-9-7-6-8-14(15)11-16-13(3)12-18-5-2/h4,6-9,13,16H,1,5,10-12H2,2-3H3. The fourth-order valence-electron chi connectivity index (χ4n) is 1.58. The van der Waals surface area contributed by atoms with Crippen LogP contribution in [0.5, 0.6) is 5.75 Å². The number of hydrogen-bond donors (Lipinski definition) is 1. The van der Waals surface area contributed by atoms with Gasteiger partial charge in [-0.15, -0.1) is 0 Å². The predicted octanol–water partition coefficient (Wildman–Crippen LogP) is 3.48. The minimum atomic E-state index is 0.516. The Labute approximate surface area is 115 Å². The van der Waals surface area contributed by atoms with Crippen molar-refractivity contribution in [2.24, 2.45) is 0 Å². The largest absolute Gasteiger partial charge is 0.489 e. The average Bonchev–Trinajstić information content (AvgIpc) is 2.41. The van der Waals surface area contributed by atoms with E-state index >= 15 is 0 Å². The van der Waals surface area contributed by atoms with Gasteiger partial charge in [-0.1, -0.05) is 37.8 Å². The normalized spacial score (nSPS) is 12.1. The Kier molecular flexibility index (Phi) is 7.62. The number of thioether (sulfide) groups is 1. The van der Waals surface area contributed by atoms with Gasteiger partial charge in [0.1, 0.15) is 12.4 Å². The van der Waals surface area contributed by atoms with Gasteiger partial charge in [0.15, 0.2) is 0 Å². The first-order valence-corrected chi connectivity index (χ1v) is 7.56. The minimum Gasteiger partial charge on any atom is -0.489 e. The van der Waals surface area contributed by atoms with E-state index in [1.54, 1.807) is 6.08 Å². The molecule has 0 saturated carbocycles. The summed E-state index contributed by atoms with van der Waals surface area (Å²) in [5, 5.41) is 3.52. The molecule has 1 N–H and O–H groups in total. The maximum absolute atomic E-state index is 5.64. The summed E-state index contributed by atoms with van der Waals surface area (Å²) in [5.41, 5.74) is 1.20. The van der Waals surface area contributed by atoms with E-state index in [2.05, 4.69) is 31.8 Å². The summed E-state index contributed by atoms with van der Waals surface area (Å²) in [6.45, 7) is 9.48. The van der Waals surface area contributed by atoms with Crippen LogP contribution in [0.25, 0.3) is 0 Å². The van der Waals surface area contributed by atoms with Crippen molar-refractivity contribution in [1.29, 1.82) is 0 Å². The average molecular weight is 265 g/mol. The molecule has 0 heterocycles. The minimum absolute atomic E-state index is 0.516. The summed E-state index contributed by atoms with van der Waals surface area (Å²) < 4.78 is 5.64. The molecule has 0 bridgehead atoms. The maximum Gasteiger partial charge on any atom is 0.124 e. The molecule has 1 rings (SSSR count). The lowest BCUT2D eigenvalue weighted by molar-refractivity contribution is 0.357. The van der Waals surface area contributed by atoms with Crippen molar-refractivity contribution in [3.05, 3.63) is 42.5 Å². The summed E-state index contributed by atoms with van der Waals surface area (Å²) in [6.07, 6.45) is 1.77. The third-order valence-electron chi connectivity index (χ3n) is 2.54. The summed E-state index contributed by atoms with van der Waals surface area (Å²) >= 11 is 1.96. The topological polar surface area (TPSA) is 21.3 Å². The molecule has 0 amide bonds. The molecule has 1 unspecified atom stereocenters. The molecule has 0 aliphatic carbocycles. The third kappa shape index (κ3) is 5.61. The molecule has 1 aromatic rings. The lowest BCUT2D eigenvalue weighted by atomic mass is 10.2. The molecule has 0 aromatic heterocycles. The van der Waals surface area contributed by atoms with Crippen LogP contribution in [-0.4, -0.2) is 24.2 Å². The van der Waals surface area contributed by atoms with Gasteiger partial charge in [-0.05, 0) is 18.7 Å². The van der Waals surface area contributed by atoms with Crippen molar-refractivity contribution in [1.82, 2.24) is 5.32 Å². The molecule has 18 heavy (non-hydrogen) atoms. The van der Waals surface area contributed by atoms with Crippen molar-refractivity contribution in [3.63, 3.8) is 0 Å². The summed E-state index contributed by atoms with van der Waals surface area (Å²) in [6, 6.07) is 8.67. The van der Waals surface area contributed by atoms with Crippen LogP contribution in [0.15, 0.2) is 36.9 Å². The highest BCUT2D eigenvalue weighted by Crippen LogP contribution is 2.18. The fourth-order valence-corrected chi connectivity index (χ4v) is 2.28. The quantitative estimate of drug-likeness (QED) is 0.691. The molecule has 0 aliphatic rings. The molecular formula is C15H23NOS. The number of nitrogens with one attached hydrogen (secondary N) is 1. The van der Waals surface area contributed by atoms with Gasteiger partial charge in [-0.25, -0.2) is 0 Å². The Hall–Kier alpha value is -0.930. The zero-order chi connectivity index (χ0) is 13.2. The second-order valence-electron chi connectivity index (χ2n) is 4.15. The van der Waals surface area contributed by atoms with Crippen LogP contribution in [0, 0.1) is 0 Å². The number of ether oxygens (including phenoxy) is 1. The van der Waals surface area contributed by atoms with E-state index < -0.39 is 0 Å². The molecule has 100 valence electrons. The van der Waals surface area contributed by atoms with E-state index in [9.17, 15) is 0 Å². The van der Waals surface area contributed by atoms with Crippen LogP contribution in [0.1, 0.15) is 19.4 Å². The molecule has 0 spiro atoms. The van der Waals surface area contributed by atoms with Crippen LogP contribution < -0.4 is 10.1 Å². The van der Waals surface area contributed by atoms with Crippen molar-refractivity contribution < 1.29 is 4.74 Å². The lowest BCUT2D eigenvalue weighted by Gasteiger charge is -2.15. The molecular weight excluding hydrogens is 242 g/mol. The first kappa shape index (κ1) is 15.1. The van der Waals surface area contributed by atoms with E-state index in [0.717, 1.165) is 18.0 Å². The molecule has 3 heteroatoms. The highest BCUT2D eigenvalue weighted by molar-refractivity contribution is 7.99. The Bertz CT molecular complexity index is 354. The zero-order valence-electron chi connectivity index (χ0n) is 11.3. The first-order valence-electron chi connectivity index (χ1n) is 6.40. The van der Waals surface area contributed by atoms with E-state index in [4.69, 9.17) is 4.74 Å². The van der Waals surface area contributed by atoms with Crippen molar-refractivity contribution in [3.8, 4) is 5.75 Å². The van der Waals surface area contributed by atoms with Gasteiger partial charge in [0.05, 0.1) is 0 Å². The summed E-state index contributed by atoms with van der Waals surface area (Å²) in [5.74, 6) is 3.26. The number of para-hydroxylation sites is 1. The fraction of sp³-hybridized carbons (Fsp3) is 0.467. The SMILES string of the molecule is C=CCOc1ccccc1CNC(C)CSCC. The maximum atomic E-state index is 5.64. The number of hydrogen-bond acceptors (Lipinski definition) is 3. The molecule has 1 atom stereocenters. The second kappa shape index (κ2) is 9.06. The Balaban J connectivity index is 2.47. The summed E-state index contributed by atoms with van der Waals surface area (Å²) in [4.78, 5) is 0. The second-order valence-corrected chi connectivity index (χ2v) is 5.47. The van der Waals surface area contributed by atoms with Gasteiger partial charge >= 0.3 is 0 Å². The van der Waals surface area contributed by atoms with E-state index in [1.165, 1.54) is 11.3 Å². The molecule has 2 nitrogen and oxygen atoms in total. The van der Waals surface area contributed by atoms with Crippen LogP contribution in [0.2, 0.25) is 0 Å². The molecule has 0 radical (unpaired) electrons. The van der Waals surface area contributed by atoms with Crippen molar-refractivity contribution >= 4 is 11.8 Å². The Morgan fingerprint density at radius 3 is 2.94 bits per heavy atom. The predicted molar refractivity (Wildman–Crippen MR) is 81.4 cm³/mol. The van der Waals surface area contributed by atoms with Crippen molar-refractivity contribution in [2.75, 3.05) is 18.1 Å². The van der Waals surface area contributed by atoms with Gasteiger partial charge in [0.2, 0.25) is 0 Å². The van der Waals surface area contributed by atoms with Crippen molar-refractivity contribution in [2.45, 2.75) is 26.4 Å².